The van der Waals surface area contributed by atoms with Crippen LogP contribution >= 0.6 is 0 Å². The zero-order valence-electron chi connectivity index (χ0n) is 11.7. The summed E-state index contributed by atoms with van der Waals surface area (Å²) in [5, 5.41) is 11.0. The van der Waals surface area contributed by atoms with Gasteiger partial charge in [-0.2, -0.15) is 0 Å². The lowest BCUT2D eigenvalue weighted by atomic mass is 10.0. The first kappa shape index (κ1) is 16.4. The summed E-state index contributed by atoms with van der Waals surface area (Å²) in [6, 6.07) is 3.25. The molecule has 0 saturated carbocycles. The molecular formula is C12H19N3O4S. The van der Waals surface area contributed by atoms with Crippen LogP contribution in [0, 0.1) is 16.0 Å². The second-order valence-corrected chi connectivity index (χ2v) is 6.55. The van der Waals surface area contributed by atoms with Gasteiger partial charge in [-0.05, 0) is 24.5 Å². The number of nitrogens with zero attached hydrogens (tertiary/aromatic N) is 1. The van der Waals surface area contributed by atoms with Gasteiger partial charge in [-0.1, -0.05) is 20.8 Å². The fourth-order valence-corrected chi connectivity index (χ4v) is 3.48. The molecule has 0 aliphatic carbocycles. The molecular weight excluding hydrogens is 282 g/mol. The third-order valence-corrected chi connectivity index (χ3v) is 4.56. The smallest absolute Gasteiger partial charge is 0.291 e. The van der Waals surface area contributed by atoms with E-state index in [2.05, 4.69) is 4.72 Å². The van der Waals surface area contributed by atoms with Crippen molar-refractivity contribution in [2.75, 3.05) is 5.73 Å². The van der Waals surface area contributed by atoms with Crippen LogP contribution in [0.3, 0.4) is 0 Å². The van der Waals surface area contributed by atoms with E-state index in [-0.39, 0.29) is 22.5 Å². The first-order chi connectivity index (χ1) is 9.19. The zero-order valence-corrected chi connectivity index (χ0v) is 12.5. The number of nitrogens with one attached hydrogen (secondary N) is 1. The van der Waals surface area contributed by atoms with Crippen molar-refractivity contribution < 1.29 is 13.3 Å². The highest BCUT2D eigenvalue weighted by molar-refractivity contribution is 7.89. The Kier molecular flexibility index (Phi) is 5.07. The van der Waals surface area contributed by atoms with E-state index in [0.717, 1.165) is 12.1 Å². The van der Waals surface area contributed by atoms with Gasteiger partial charge in [-0.25, -0.2) is 13.1 Å². The number of anilines is 1. The van der Waals surface area contributed by atoms with Crippen LogP contribution in [-0.2, 0) is 10.0 Å². The number of nitrogen functional groups attached to an aromatic ring is 1. The molecule has 7 nitrogen and oxygen atoms in total. The van der Waals surface area contributed by atoms with Gasteiger partial charge in [0.15, 0.2) is 4.90 Å². The standard InChI is InChI=1S/C12H19N3O4S/c1-4-10(8(2)3)14-20(18,19)12-6-5-9(13)7-11(12)15(16)17/h5-8,10,14H,4,13H2,1-3H3. The fraction of sp³-hybridized carbons (Fsp3) is 0.500. The highest BCUT2D eigenvalue weighted by Crippen LogP contribution is 2.26. The summed E-state index contributed by atoms with van der Waals surface area (Å²) in [4.78, 5) is 9.85. The van der Waals surface area contributed by atoms with Gasteiger partial charge < -0.3 is 5.73 Å². The molecule has 0 aliphatic rings. The van der Waals surface area contributed by atoms with E-state index in [0.29, 0.717) is 6.42 Å². The van der Waals surface area contributed by atoms with Crippen LogP contribution in [0.4, 0.5) is 11.4 Å². The Bertz CT molecular complexity index is 599. The van der Waals surface area contributed by atoms with Gasteiger partial charge in [0.25, 0.3) is 5.69 Å². The number of nitro benzene ring substituents is 1. The average Bonchev–Trinajstić information content (AvgIpc) is 2.35. The highest BCUT2D eigenvalue weighted by atomic mass is 32.2. The van der Waals surface area contributed by atoms with Gasteiger partial charge >= 0.3 is 0 Å². The first-order valence-corrected chi connectivity index (χ1v) is 7.73. The van der Waals surface area contributed by atoms with Crippen LogP contribution < -0.4 is 10.5 Å². The van der Waals surface area contributed by atoms with Crippen LogP contribution in [0.1, 0.15) is 27.2 Å². The molecule has 112 valence electrons. The first-order valence-electron chi connectivity index (χ1n) is 6.25. The normalized spacial score (nSPS) is 13.4. The molecule has 3 N–H and O–H groups in total. The van der Waals surface area contributed by atoms with E-state index in [1.807, 2.05) is 20.8 Å². The van der Waals surface area contributed by atoms with Crippen molar-refractivity contribution in [1.82, 2.24) is 4.72 Å². The summed E-state index contributed by atoms with van der Waals surface area (Å²) in [7, 11) is -3.96. The number of hydrogen-bond acceptors (Lipinski definition) is 5. The average molecular weight is 301 g/mol. The van der Waals surface area contributed by atoms with Gasteiger partial charge in [-0.3, -0.25) is 10.1 Å². The van der Waals surface area contributed by atoms with Gasteiger partial charge in [-0.15, -0.1) is 0 Å². The van der Waals surface area contributed by atoms with E-state index >= 15 is 0 Å². The Morgan fingerprint density at radius 3 is 2.45 bits per heavy atom. The van der Waals surface area contributed by atoms with E-state index < -0.39 is 20.6 Å². The fourth-order valence-electron chi connectivity index (χ4n) is 1.86. The Labute approximate surface area is 118 Å². The SMILES string of the molecule is CCC(NS(=O)(=O)c1ccc(N)cc1[N+](=O)[O-])C(C)C. The monoisotopic (exact) mass is 301 g/mol. The molecule has 1 unspecified atom stereocenters. The number of sulfonamides is 1. The molecule has 1 aromatic rings. The van der Waals surface area contributed by atoms with Crippen LogP contribution in [0.2, 0.25) is 0 Å². The molecule has 0 saturated heterocycles. The van der Waals surface area contributed by atoms with Crippen molar-refractivity contribution in [1.29, 1.82) is 0 Å². The maximum absolute atomic E-state index is 12.3. The minimum atomic E-state index is -3.96. The molecule has 1 rings (SSSR count). The Morgan fingerprint density at radius 1 is 1.40 bits per heavy atom. The molecule has 1 atom stereocenters. The van der Waals surface area contributed by atoms with Crippen LogP contribution in [-0.4, -0.2) is 19.4 Å². The van der Waals surface area contributed by atoms with Gasteiger partial charge in [0, 0.05) is 17.8 Å². The lowest BCUT2D eigenvalue weighted by molar-refractivity contribution is -0.387. The lowest BCUT2D eigenvalue weighted by Gasteiger charge is -2.20. The Balaban J connectivity index is 3.25. The number of hydrogen-bond donors (Lipinski definition) is 2. The quantitative estimate of drug-likeness (QED) is 0.473. The van der Waals surface area contributed by atoms with Crippen LogP contribution in [0.25, 0.3) is 0 Å². The predicted molar refractivity (Wildman–Crippen MR) is 76.7 cm³/mol. The van der Waals surface area contributed by atoms with Gasteiger partial charge in [0.1, 0.15) is 0 Å². The zero-order chi connectivity index (χ0) is 15.5. The maximum atomic E-state index is 12.3. The molecule has 0 heterocycles. The summed E-state index contributed by atoms with van der Waals surface area (Å²) < 4.78 is 27.1. The van der Waals surface area contributed by atoms with E-state index in [9.17, 15) is 18.5 Å². The molecule has 0 spiro atoms. The van der Waals surface area contributed by atoms with Crippen molar-refractivity contribution in [2.45, 2.75) is 38.1 Å². The molecule has 8 heteroatoms. The topological polar surface area (TPSA) is 115 Å². The second kappa shape index (κ2) is 6.19. The molecule has 0 radical (unpaired) electrons. The summed E-state index contributed by atoms with van der Waals surface area (Å²) in [5.74, 6) is 0.0858. The molecule has 0 fully saturated rings. The lowest BCUT2D eigenvalue weighted by Crippen LogP contribution is -2.38. The second-order valence-electron chi connectivity index (χ2n) is 4.86. The number of nitro groups is 1. The number of benzene rings is 1. The van der Waals surface area contributed by atoms with E-state index in [4.69, 9.17) is 5.73 Å². The van der Waals surface area contributed by atoms with Crippen molar-refractivity contribution >= 4 is 21.4 Å². The van der Waals surface area contributed by atoms with Crippen molar-refractivity contribution in [3.63, 3.8) is 0 Å². The molecule has 0 aliphatic heterocycles. The van der Waals surface area contributed by atoms with Gasteiger partial charge in [0.05, 0.1) is 4.92 Å². The van der Waals surface area contributed by atoms with Crippen molar-refractivity contribution in [3.8, 4) is 0 Å². The number of nitrogens with two attached hydrogens (primary N) is 1. The van der Waals surface area contributed by atoms with E-state index in [1.165, 1.54) is 6.07 Å². The molecule has 0 aromatic heterocycles. The minimum absolute atomic E-state index is 0.0858. The third kappa shape index (κ3) is 3.67. The highest BCUT2D eigenvalue weighted by Gasteiger charge is 2.28. The molecule has 0 amide bonds. The molecule has 1 aromatic carbocycles. The predicted octanol–water partition coefficient (Wildman–Crippen LogP) is 1.89. The summed E-state index contributed by atoms with van der Waals surface area (Å²) in [6.45, 7) is 5.62. The largest absolute Gasteiger partial charge is 0.399 e. The van der Waals surface area contributed by atoms with Crippen LogP contribution in [0.5, 0.6) is 0 Å². The minimum Gasteiger partial charge on any atom is -0.399 e. The Morgan fingerprint density at radius 2 is 2.00 bits per heavy atom. The summed E-state index contributed by atoms with van der Waals surface area (Å²) in [6.07, 6.45) is 0.597. The van der Waals surface area contributed by atoms with Crippen molar-refractivity contribution in [3.05, 3.63) is 28.3 Å². The third-order valence-electron chi connectivity index (χ3n) is 3.02. The van der Waals surface area contributed by atoms with Crippen molar-refractivity contribution in [2.24, 2.45) is 5.92 Å². The van der Waals surface area contributed by atoms with E-state index in [1.54, 1.807) is 0 Å². The summed E-state index contributed by atoms with van der Waals surface area (Å²) in [5.41, 5.74) is 5.09. The van der Waals surface area contributed by atoms with Crippen LogP contribution in [0.15, 0.2) is 23.1 Å². The summed E-state index contributed by atoms with van der Waals surface area (Å²) >= 11 is 0. The molecule has 0 bridgehead atoms. The Hall–Kier alpha value is -1.67. The maximum Gasteiger partial charge on any atom is 0.291 e. The number of rotatable bonds is 6. The molecule has 20 heavy (non-hydrogen) atoms. The van der Waals surface area contributed by atoms with Gasteiger partial charge in [0.2, 0.25) is 10.0 Å².